The van der Waals surface area contributed by atoms with E-state index in [1.807, 2.05) is 0 Å². The van der Waals surface area contributed by atoms with Gasteiger partial charge in [0.05, 0.1) is 0 Å². The third-order valence-corrected chi connectivity index (χ3v) is 5.84. The van der Waals surface area contributed by atoms with Gasteiger partial charge in [-0.25, -0.2) is 10.0 Å². The molecule has 0 bridgehead atoms. The van der Waals surface area contributed by atoms with Gasteiger partial charge in [-0.3, -0.25) is 0 Å². The molecule has 0 fully saturated rings. The Bertz CT molecular complexity index is 371. The molecule has 98 valence electrons. The summed E-state index contributed by atoms with van der Waals surface area (Å²) in [6.07, 6.45) is 7.03. The SMILES string of the molecule is CC(C)(C)C(C)(C)c1ccc(S(C)(C)C)cc1. The van der Waals surface area contributed by atoms with Crippen LogP contribution in [-0.4, -0.2) is 18.8 Å². The predicted molar refractivity (Wildman–Crippen MR) is 82.6 cm³/mol. The van der Waals surface area contributed by atoms with Gasteiger partial charge in [-0.1, -0.05) is 46.8 Å². The molecule has 0 radical (unpaired) electrons. The second-order valence-corrected chi connectivity index (χ2v) is 11.4. The number of hydrogen-bond donors (Lipinski definition) is 0. The topological polar surface area (TPSA) is 0 Å². The number of rotatable bonds is 2. The molecule has 0 nitrogen and oxygen atoms in total. The van der Waals surface area contributed by atoms with E-state index in [1.165, 1.54) is 10.5 Å². The molecular weight excluding hydrogens is 224 g/mol. The Balaban J connectivity index is 3.12. The highest BCUT2D eigenvalue weighted by Crippen LogP contribution is 2.46. The third-order valence-electron chi connectivity index (χ3n) is 4.16. The maximum Gasteiger partial charge on any atom is -0.00551 e. The van der Waals surface area contributed by atoms with Gasteiger partial charge < -0.3 is 0 Å². The van der Waals surface area contributed by atoms with E-state index in [9.17, 15) is 0 Å². The lowest BCUT2D eigenvalue weighted by Gasteiger charge is -2.40. The summed E-state index contributed by atoms with van der Waals surface area (Å²) in [5, 5.41) is 0. The molecule has 1 heteroatoms. The zero-order valence-electron chi connectivity index (χ0n) is 12.7. The van der Waals surface area contributed by atoms with Crippen molar-refractivity contribution in [2.24, 2.45) is 5.41 Å². The maximum atomic E-state index is 2.34. The van der Waals surface area contributed by atoms with Crippen molar-refractivity contribution in [1.82, 2.24) is 0 Å². The summed E-state index contributed by atoms with van der Waals surface area (Å²) in [5.74, 6) is 0. The quantitative estimate of drug-likeness (QED) is 0.690. The van der Waals surface area contributed by atoms with Gasteiger partial charge in [-0.05, 0) is 52.2 Å². The first kappa shape index (κ1) is 14.6. The van der Waals surface area contributed by atoms with Crippen LogP contribution in [-0.2, 0) is 5.41 Å². The second-order valence-electron chi connectivity index (χ2n) is 7.24. The highest BCUT2D eigenvalue weighted by molar-refractivity contribution is 8.32. The lowest BCUT2D eigenvalue weighted by atomic mass is 9.65. The predicted octanol–water partition coefficient (Wildman–Crippen LogP) is 5.06. The molecule has 0 aliphatic heterocycles. The van der Waals surface area contributed by atoms with Crippen LogP contribution in [0.3, 0.4) is 0 Å². The van der Waals surface area contributed by atoms with E-state index in [1.54, 1.807) is 0 Å². The van der Waals surface area contributed by atoms with Crippen LogP contribution in [0, 0.1) is 5.41 Å². The van der Waals surface area contributed by atoms with E-state index in [2.05, 4.69) is 77.7 Å². The molecule has 17 heavy (non-hydrogen) atoms. The molecule has 0 saturated heterocycles. The Morgan fingerprint density at radius 3 is 1.47 bits per heavy atom. The van der Waals surface area contributed by atoms with Crippen LogP contribution in [0.25, 0.3) is 0 Å². The smallest absolute Gasteiger partial charge is 0.00551 e. The zero-order chi connectivity index (χ0) is 13.5. The van der Waals surface area contributed by atoms with Gasteiger partial charge >= 0.3 is 0 Å². The van der Waals surface area contributed by atoms with Crippen LogP contribution in [0.4, 0.5) is 0 Å². The van der Waals surface area contributed by atoms with Gasteiger partial charge in [-0.2, -0.15) is 0 Å². The fourth-order valence-corrected chi connectivity index (χ4v) is 2.67. The molecular formula is C16H28S. The van der Waals surface area contributed by atoms with Crippen molar-refractivity contribution in [3.63, 3.8) is 0 Å². The van der Waals surface area contributed by atoms with Crippen molar-refractivity contribution < 1.29 is 0 Å². The fourth-order valence-electron chi connectivity index (χ4n) is 1.71. The van der Waals surface area contributed by atoms with Gasteiger partial charge in [0.15, 0.2) is 0 Å². The highest BCUT2D eigenvalue weighted by Gasteiger charge is 2.34. The molecule has 0 saturated carbocycles. The molecule has 0 N–H and O–H groups in total. The summed E-state index contributed by atoms with van der Waals surface area (Å²) in [6.45, 7) is 11.6. The van der Waals surface area contributed by atoms with E-state index in [0.717, 1.165) is 0 Å². The minimum Gasteiger partial charge on any atom is -0.223 e. The van der Waals surface area contributed by atoms with Gasteiger partial charge in [-0.15, -0.1) is 0 Å². The third kappa shape index (κ3) is 3.07. The molecule has 1 rings (SSSR count). The average molecular weight is 252 g/mol. The van der Waals surface area contributed by atoms with Crippen LogP contribution in [0.1, 0.15) is 40.2 Å². The van der Waals surface area contributed by atoms with Crippen LogP contribution in [0.15, 0.2) is 29.2 Å². The lowest BCUT2D eigenvalue weighted by molar-refractivity contribution is 0.225. The van der Waals surface area contributed by atoms with Crippen LogP contribution in [0.5, 0.6) is 0 Å². The van der Waals surface area contributed by atoms with E-state index in [-0.39, 0.29) is 10.8 Å². The summed E-state index contributed by atoms with van der Waals surface area (Å²) in [7, 11) is -0.601. The van der Waals surface area contributed by atoms with E-state index in [4.69, 9.17) is 0 Å². The highest BCUT2D eigenvalue weighted by atomic mass is 32.3. The Hall–Kier alpha value is -0.430. The molecule has 0 aliphatic rings. The normalized spacial score (nSPS) is 14.8. The summed E-state index contributed by atoms with van der Waals surface area (Å²) in [6, 6.07) is 9.27. The lowest BCUT2D eigenvalue weighted by Crippen LogP contribution is -2.33. The largest absolute Gasteiger partial charge is 0.223 e. The fraction of sp³-hybridized carbons (Fsp3) is 0.625. The first-order valence-electron chi connectivity index (χ1n) is 6.25. The van der Waals surface area contributed by atoms with Crippen LogP contribution < -0.4 is 0 Å². The maximum absolute atomic E-state index is 2.34. The van der Waals surface area contributed by atoms with E-state index < -0.39 is 10.0 Å². The summed E-state index contributed by atoms with van der Waals surface area (Å²) < 4.78 is 0. The summed E-state index contributed by atoms with van der Waals surface area (Å²) in [5.41, 5.74) is 1.93. The van der Waals surface area contributed by atoms with E-state index in [0.29, 0.717) is 0 Å². The standard InChI is InChI=1S/C16H28S/c1-15(2,3)16(4,5)13-9-11-14(12-10-13)17(6,7)8/h9-12H,1-8H3. The van der Waals surface area contributed by atoms with Crippen molar-refractivity contribution in [2.45, 2.75) is 44.9 Å². The van der Waals surface area contributed by atoms with Crippen molar-refractivity contribution >= 4 is 10.0 Å². The first-order valence-corrected chi connectivity index (χ1v) is 9.11. The Morgan fingerprint density at radius 1 is 0.765 bits per heavy atom. The van der Waals surface area contributed by atoms with E-state index >= 15 is 0 Å². The zero-order valence-corrected chi connectivity index (χ0v) is 13.5. The second kappa shape index (κ2) is 4.35. The van der Waals surface area contributed by atoms with Crippen molar-refractivity contribution in [1.29, 1.82) is 0 Å². The minimum atomic E-state index is -0.601. The molecule has 0 atom stereocenters. The molecule has 0 spiro atoms. The molecule has 0 aromatic heterocycles. The molecule has 1 aromatic carbocycles. The monoisotopic (exact) mass is 252 g/mol. The Morgan fingerprint density at radius 2 is 1.18 bits per heavy atom. The van der Waals surface area contributed by atoms with Crippen LogP contribution in [0.2, 0.25) is 0 Å². The van der Waals surface area contributed by atoms with Crippen molar-refractivity contribution in [2.75, 3.05) is 18.8 Å². The Kier molecular flexibility index (Phi) is 3.74. The number of hydrogen-bond acceptors (Lipinski definition) is 0. The first-order chi connectivity index (χ1) is 7.46. The minimum absolute atomic E-state index is 0.207. The molecule has 0 aliphatic carbocycles. The van der Waals surface area contributed by atoms with Gasteiger partial charge in [0.1, 0.15) is 0 Å². The number of benzene rings is 1. The average Bonchev–Trinajstić information content (AvgIpc) is 2.15. The summed E-state index contributed by atoms with van der Waals surface area (Å²) in [4.78, 5) is 1.49. The molecule has 0 amide bonds. The Labute approximate surface area is 109 Å². The molecule has 0 heterocycles. The summed E-state index contributed by atoms with van der Waals surface area (Å²) >= 11 is 0. The molecule has 1 aromatic rings. The molecule has 0 unspecified atom stereocenters. The van der Waals surface area contributed by atoms with Crippen LogP contribution >= 0.6 is 10.0 Å². The van der Waals surface area contributed by atoms with Gasteiger partial charge in [0.25, 0.3) is 0 Å². The van der Waals surface area contributed by atoms with Crippen molar-refractivity contribution in [3.05, 3.63) is 29.8 Å². The van der Waals surface area contributed by atoms with Gasteiger partial charge in [0.2, 0.25) is 0 Å². The van der Waals surface area contributed by atoms with Crippen molar-refractivity contribution in [3.8, 4) is 0 Å². The van der Waals surface area contributed by atoms with Gasteiger partial charge in [0, 0.05) is 0 Å².